The molecule has 0 fully saturated rings. The Hall–Kier alpha value is -2.87. The Morgan fingerprint density at radius 3 is 2.61 bits per heavy atom. The van der Waals surface area contributed by atoms with Gasteiger partial charge >= 0.3 is 0 Å². The van der Waals surface area contributed by atoms with Crippen LogP contribution < -0.4 is 5.32 Å². The molecule has 2 heteroatoms. The van der Waals surface area contributed by atoms with Crippen molar-refractivity contribution in [3.63, 3.8) is 0 Å². The van der Waals surface area contributed by atoms with Crippen LogP contribution in [-0.2, 0) is 4.79 Å². The van der Waals surface area contributed by atoms with Crippen molar-refractivity contribution in [3.8, 4) is 0 Å². The molecule has 0 aromatic heterocycles. The zero-order chi connectivity index (χ0) is 16.2. The summed E-state index contributed by atoms with van der Waals surface area (Å²) in [6.45, 7) is 4.00. The van der Waals surface area contributed by atoms with Gasteiger partial charge < -0.3 is 5.32 Å². The molecule has 2 nitrogen and oxygen atoms in total. The van der Waals surface area contributed by atoms with Crippen LogP contribution in [0.25, 0.3) is 16.8 Å². The summed E-state index contributed by atoms with van der Waals surface area (Å²) in [5, 5.41) is 5.26. The number of anilines is 1. The Labute approximate surface area is 136 Å². The number of benzene rings is 3. The SMILES string of the molecule is Cc1ccc(C)c(NC(=O)/C=C\c2cccc3ccccc23)c1. The quantitative estimate of drug-likeness (QED) is 0.669. The van der Waals surface area contributed by atoms with E-state index in [9.17, 15) is 4.79 Å². The number of rotatable bonds is 3. The highest BCUT2D eigenvalue weighted by atomic mass is 16.1. The molecule has 0 unspecified atom stereocenters. The van der Waals surface area contributed by atoms with Crippen molar-refractivity contribution in [1.29, 1.82) is 0 Å². The average Bonchev–Trinajstić information content (AvgIpc) is 2.56. The van der Waals surface area contributed by atoms with Gasteiger partial charge in [0.15, 0.2) is 0 Å². The summed E-state index contributed by atoms with van der Waals surface area (Å²) in [5.74, 6) is -0.119. The van der Waals surface area contributed by atoms with Gasteiger partial charge in [-0.3, -0.25) is 4.79 Å². The van der Waals surface area contributed by atoms with Crippen molar-refractivity contribution in [2.75, 3.05) is 5.32 Å². The number of hydrogen-bond acceptors (Lipinski definition) is 1. The fourth-order valence-electron chi connectivity index (χ4n) is 2.61. The highest BCUT2D eigenvalue weighted by molar-refractivity contribution is 6.04. The molecular weight excluding hydrogens is 282 g/mol. The first-order valence-electron chi connectivity index (χ1n) is 7.67. The zero-order valence-electron chi connectivity index (χ0n) is 13.3. The van der Waals surface area contributed by atoms with Crippen LogP contribution in [0.3, 0.4) is 0 Å². The molecule has 0 saturated heterocycles. The molecule has 0 aliphatic rings. The van der Waals surface area contributed by atoms with Crippen LogP contribution in [0.2, 0.25) is 0 Å². The first-order valence-corrected chi connectivity index (χ1v) is 7.67. The summed E-state index contributed by atoms with van der Waals surface area (Å²) < 4.78 is 0. The van der Waals surface area contributed by atoms with Gasteiger partial charge in [0.05, 0.1) is 0 Å². The van der Waals surface area contributed by atoms with E-state index >= 15 is 0 Å². The number of carbonyl (C=O) groups excluding carboxylic acids is 1. The highest BCUT2D eigenvalue weighted by Crippen LogP contribution is 2.20. The predicted octanol–water partition coefficient (Wildman–Crippen LogP) is 5.11. The molecule has 3 aromatic rings. The standard InChI is InChI=1S/C21H19NO/c1-15-10-11-16(2)20(14-15)22-21(23)13-12-18-8-5-7-17-6-3-4-9-19(17)18/h3-14H,1-2H3,(H,22,23)/b13-12-. The molecular formula is C21H19NO. The van der Waals surface area contributed by atoms with Crippen molar-refractivity contribution < 1.29 is 4.79 Å². The van der Waals surface area contributed by atoms with Crippen LogP contribution >= 0.6 is 0 Å². The lowest BCUT2D eigenvalue weighted by molar-refractivity contribution is -0.111. The molecule has 0 saturated carbocycles. The Bertz CT molecular complexity index is 888. The van der Waals surface area contributed by atoms with Gasteiger partial charge in [0, 0.05) is 11.8 Å². The van der Waals surface area contributed by atoms with Gasteiger partial charge in [-0.2, -0.15) is 0 Å². The van der Waals surface area contributed by atoms with E-state index in [0.717, 1.165) is 27.8 Å². The van der Waals surface area contributed by atoms with E-state index in [2.05, 4.69) is 23.5 Å². The second-order valence-corrected chi connectivity index (χ2v) is 5.71. The lowest BCUT2D eigenvalue weighted by Crippen LogP contribution is -2.09. The largest absolute Gasteiger partial charge is 0.322 e. The van der Waals surface area contributed by atoms with E-state index in [4.69, 9.17) is 0 Å². The fraction of sp³-hybridized carbons (Fsp3) is 0.0952. The van der Waals surface area contributed by atoms with E-state index in [1.54, 1.807) is 6.08 Å². The van der Waals surface area contributed by atoms with E-state index in [1.807, 2.05) is 62.4 Å². The summed E-state index contributed by atoms with van der Waals surface area (Å²) >= 11 is 0. The number of carbonyl (C=O) groups is 1. The Morgan fingerprint density at radius 2 is 1.74 bits per heavy atom. The number of amides is 1. The van der Waals surface area contributed by atoms with Crippen LogP contribution in [0.5, 0.6) is 0 Å². The predicted molar refractivity (Wildman–Crippen MR) is 97.5 cm³/mol. The number of aryl methyl sites for hydroxylation is 2. The first kappa shape index (κ1) is 15.0. The number of fused-ring (bicyclic) bond motifs is 1. The minimum absolute atomic E-state index is 0.119. The lowest BCUT2D eigenvalue weighted by atomic mass is 10.0. The fourth-order valence-corrected chi connectivity index (χ4v) is 2.61. The third kappa shape index (κ3) is 3.49. The van der Waals surface area contributed by atoms with Crippen molar-refractivity contribution in [1.82, 2.24) is 0 Å². The van der Waals surface area contributed by atoms with Crippen LogP contribution in [0, 0.1) is 13.8 Å². The molecule has 1 amide bonds. The Balaban J connectivity index is 1.82. The molecule has 1 N–H and O–H groups in total. The Morgan fingerprint density at radius 1 is 0.957 bits per heavy atom. The smallest absolute Gasteiger partial charge is 0.248 e. The van der Waals surface area contributed by atoms with E-state index in [-0.39, 0.29) is 5.91 Å². The molecule has 0 aliphatic heterocycles. The van der Waals surface area contributed by atoms with Gasteiger partial charge in [0.1, 0.15) is 0 Å². The van der Waals surface area contributed by atoms with Crippen LogP contribution in [0.4, 0.5) is 5.69 Å². The maximum absolute atomic E-state index is 12.2. The highest BCUT2D eigenvalue weighted by Gasteiger charge is 2.02. The van der Waals surface area contributed by atoms with Crippen molar-refractivity contribution in [2.45, 2.75) is 13.8 Å². The van der Waals surface area contributed by atoms with Crippen LogP contribution in [0.1, 0.15) is 16.7 Å². The van der Waals surface area contributed by atoms with Gasteiger partial charge in [-0.1, -0.05) is 54.6 Å². The summed E-state index contributed by atoms with van der Waals surface area (Å²) in [4.78, 5) is 12.2. The third-order valence-corrected chi connectivity index (χ3v) is 3.89. The molecule has 114 valence electrons. The molecule has 0 aliphatic carbocycles. The first-order chi connectivity index (χ1) is 11.1. The second kappa shape index (κ2) is 6.49. The van der Waals surface area contributed by atoms with E-state index < -0.39 is 0 Å². The minimum Gasteiger partial charge on any atom is -0.322 e. The molecule has 3 aromatic carbocycles. The molecule has 0 spiro atoms. The summed E-state index contributed by atoms with van der Waals surface area (Å²) in [6, 6.07) is 20.3. The average molecular weight is 301 g/mol. The van der Waals surface area contributed by atoms with Crippen molar-refractivity contribution in [2.24, 2.45) is 0 Å². The summed E-state index contributed by atoms with van der Waals surface area (Å²) in [7, 11) is 0. The summed E-state index contributed by atoms with van der Waals surface area (Å²) in [5.41, 5.74) is 4.09. The number of nitrogens with one attached hydrogen (secondary N) is 1. The second-order valence-electron chi connectivity index (χ2n) is 5.71. The van der Waals surface area contributed by atoms with Crippen LogP contribution in [-0.4, -0.2) is 5.91 Å². The number of hydrogen-bond donors (Lipinski definition) is 1. The third-order valence-electron chi connectivity index (χ3n) is 3.89. The molecule has 23 heavy (non-hydrogen) atoms. The molecule has 0 atom stereocenters. The lowest BCUT2D eigenvalue weighted by Gasteiger charge is -2.07. The van der Waals surface area contributed by atoms with Crippen molar-refractivity contribution in [3.05, 3.63) is 83.4 Å². The van der Waals surface area contributed by atoms with Crippen molar-refractivity contribution >= 4 is 28.4 Å². The van der Waals surface area contributed by atoms with E-state index in [0.29, 0.717) is 0 Å². The normalized spacial score (nSPS) is 11.0. The van der Waals surface area contributed by atoms with E-state index in [1.165, 1.54) is 5.39 Å². The molecule has 0 radical (unpaired) electrons. The molecule has 0 bridgehead atoms. The minimum atomic E-state index is -0.119. The van der Waals surface area contributed by atoms with Crippen LogP contribution in [0.15, 0.2) is 66.7 Å². The van der Waals surface area contributed by atoms with Gasteiger partial charge in [-0.25, -0.2) is 0 Å². The maximum atomic E-state index is 12.2. The van der Waals surface area contributed by atoms with Gasteiger partial charge in [-0.15, -0.1) is 0 Å². The monoisotopic (exact) mass is 301 g/mol. The maximum Gasteiger partial charge on any atom is 0.248 e. The topological polar surface area (TPSA) is 29.1 Å². The zero-order valence-corrected chi connectivity index (χ0v) is 13.3. The Kier molecular flexibility index (Phi) is 4.24. The molecule has 3 rings (SSSR count). The van der Waals surface area contributed by atoms with Gasteiger partial charge in [0.25, 0.3) is 0 Å². The molecule has 0 heterocycles. The summed E-state index contributed by atoms with van der Waals surface area (Å²) in [6.07, 6.45) is 3.45. The van der Waals surface area contributed by atoms with Gasteiger partial charge in [0.2, 0.25) is 5.91 Å². The van der Waals surface area contributed by atoms with Gasteiger partial charge in [-0.05, 0) is 53.5 Å².